The molecule has 0 saturated heterocycles. The first-order chi connectivity index (χ1) is 24.5. The molecule has 0 spiro atoms. The average molecular weight is 728 g/mol. The summed E-state index contributed by atoms with van der Waals surface area (Å²) < 4.78 is 59.1. The molecule has 2 heterocycles. The molecule has 1 aliphatic carbocycles. The number of hydrogen-bond donors (Lipinski definition) is 1. The van der Waals surface area contributed by atoms with Crippen molar-refractivity contribution in [3.05, 3.63) is 93.8 Å². The second-order valence-electron chi connectivity index (χ2n) is 14.2. The molecule has 1 amide bonds. The van der Waals surface area contributed by atoms with Crippen molar-refractivity contribution in [3.8, 4) is 5.69 Å². The third-order valence-electron chi connectivity index (χ3n) is 10.3. The summed E-state index contributed by atoms with van der Waals surface area (Å²) in [6.45, 7) is 18.5. The maximum atomic E-state index is 16.2. The molecule has 2 unspecified atom stereocenters. The molecule has 10 heteroatoms. The largest absolute Gasteiger partial charge is 0.507 e. The minimum atomic E-state index is -4.76. The molecule has 1 fully saturated rings. The minimum absolute atomic E-state index is 0.0139. The first kappa shape index (κ1) is 42.5. The highest BCUT2D eigenvalue weighted by atomic mass is 19.4. The fraction of sp³-hybridized carbons (Fsp3) is 0.548. The molecule has 2 aliphatic rings. The Kier molecular flexibility index (Phi) is 15.3. The zero-order valence-corrected chi connectivity index (χ0v) is 32.2. The van der Waals surface area contributed by atoms with Gasteiger partial charge < -0.3 is 10.0 Å². The number of allylic oxidation sites excluding steroid dienone is 4. The van der Waals surface area contributed by atoms with Crippen molar-refractivity contribution in [1.29, 1.82) is 0 Å². The summed E-state index contributed by atoms with van der Waals surface area (Å²) in [5, 5.41) is 15.7. The molecular formula is C42H57F4N3O3. The number of hydrogen-bond acceptors (Lipinski definition) is 4. The first-order valence-corrected chi connectivity index (χ1v) is 18.8. The summed E-state index contributed by atoms with van der Waals surface area (Å²) in [6.07, 6.45) is 6.61. The van der Waals surface area contributed by atoms with E-state index in [1.807, 2.05) is 37.6 Å². The summed E-state index contributed by atoms with van der Waals surface area (Å²) in [6, 6.07) is 3.54. The number of aromatic nitrogens is 2. The van der Waals surface area contributed by atoms with Gasteiger partial charge in [0.05, 0.1) is 28.7 Å². The molecule has 6 nitrogen and oxygen atoms in total. The Hall–Kier alpha value is -3.95. The number of rotatable bonds is 13. The number of ketones is 1. The van der Waals surface area contributed by atoms with Crippen molar-refractivity contribution < 1.29 is 32.3 Å². The summed E-state index contributed by atoms with van der Waals surface area (Å²) >= 11 is 0. The van der Waals surface area contributed by atoms with Gasteiger partial charge in [0.2, 0.25) is 0 Å². The number of halogens is 4. The van der Waals surface area contributed by atoms with Crippen molar-refractivity contribution in [2.45, 2.75) is 137 Å². The fourth-order valence-electron chi connectivity index (χ4n) is 6.91. The summed E-state index contributed by atoms with van der Waals surface area (Å²) in [4.78, 5) is 25.4. The van der Waals surface area contributed by atoms with Gasteiger partial charge in [-0.15, -0.1) is 0 Å². The molecule has 2 atom stereocenters. The van der Waals surface area contributed by atoms with Gasteiger partial charge in [-0.2, -0.15) is 18.3 Å². The number of aliphatic hydroxyl groups excluding tert-OH is 1. The van der Waals surface area contributed by atoms with Gasteiger partial charge >= 0.3 is 6.18 Å². The van der Waals surface area contributed by atoms with Crippen LogP contribution >= 0.6 is 0 Å². The van der Waals surface area contributed by atoms with Gasteiger partial charge in [0.25, 0.3) is 5.91 Å². The van der Waals surface area contributed by atoms with Crippen molar-refractivity contribution in [3.63, 3.8) is 0 Å². The number of benzene rings is 1. The van der Waals surface area contributed by atoms with Crippen LogP contribution in [0.5, 0.6) is 0 Å². The number of amides is 1. The Balaban J connectivity index is 0.00000136. The molecule has 286 valence electrons. The molecule has 0 bridgehead atoms. The van der Waals surface area contributed by atoms with E-state index in [4.69, 9.17) is 5.10 Å². The van der Waals surface area contributed by atoms with Gasteiger partial charge in [-0.25, -0.2) is 9.07 Å². The van der Waals surface area contributed by atoms with Crippen LogP contribution in [-0.4, -0.2) is 44.2 Å². The van der Waals surface area contributed by atoms with Crippen LogP contribution in [0.15, 0.2) is 59.9 Å². The zero-order valence-electron chi connectivity index (χ0n) is 32.2. The number of carbonyl (C=O) groups excluding carboxylic acids is 2. The second-order valence-corrected chi connectivity index (χ2v) is 14.2. The van der Waals surface area contributed by atoms with Crippen LogP contribution in [0.2, 0.25) is 0 Å². The quantitative estimate of drug-likeness (QED) is 0.0965. The number of aliphatic hydroxyl groups is 1. The third-order valence-corrected chi connectivity index (χ3v) is 10.3. The van der Waals surface area contributed by atoms with E-state index < -0.39 is 23.4 Å². The predicted molar refractivity (Wildman–Crippen MR) is 200 cm³/mol. The van der Waals surface area contributed by atoms with Crippen LogP contribution in [0.25, 0.3) is 5.69 Å². The number of carbonyl (C=O) groups is 2. The van der Waals surface area contributed by atoms with E-state index in [0.717, 1.165) is 72.5 Å². The van der Waals surface area contributed by atoms with E-state index in [0.29, 0.717) is 37.3 Å². The van der Waals surface area contributed by atoms with Crippen molar-refractivity contribution >= 4 is 11.7 Å². The van der Waals surface area contributed by atoms with Crippen LogP contribution in [-0.2, 0) is 22.4 Å². The van der Waals surface area contributed by atoms with Crippen LogP contribution in [0.1, 0.15) is 146 Å². The number of nitrogens with zero attached hydrogens (tertiary/aromatic N) is 3. The number of fused-ring (bicyclic) bond motifs is 1. The van der Waals surface area contributed by atoms with E-state index in [1.54, 1.807) is 18.7 Å². The fourth-order valence-corrected chi connectivity index (χ4v) is 6.91. The molecule has 52 heavy (non-hydrogen) atoms. The number of alkyl halides is 3. The van der Waals surface area contributed by atoms with E-state index in [1.165, 1.54) is 19.1 Å². The van der Waals surface area contributed by atoms with Crippen molar-refractivity contribution in [2.24, 2.45) is 5.92 Å². The van der Waals surface area contributed by atoms with Crippen LogP contribution in [0, 0.1) is 11.7 Å². The van der Waals surface area contributed by atoms with Gasteiger partial charge in [-0.05, 0) is 93.9 Å². The highest BCUT2D eigenvalue weighted by Gasteiger charge is 2.39. The van der Waals surface area contributed by atoms with Gasteiger partial charge in [0.15, 0.2) is 5.78 Å². The molecule has 1 aromatic carbocycles. The van der Waals surface area contributed by atoms with E-state index >= 15 is 4.39 Å². The van der Waals surface area contributed by atoms with Crippen molar-refractivity contribution in [2.75, 3.05) is 6.54 Å². The third kappa shape index (κ3) is 9.72. The molecule has 1 aliphatic heterocycles. The zero-order chi connectivity index (χ0) is 38.9. The SMILES string of the molecule is C=CC(C)=O.C\C=C(/C=C(O)\C(=C\CC)C(F)(F)F)C(=O)N1CCc2c(c(CCC(C)CC)nn2-c2ccc(C3CCC3)c(F)c2C(C)C)C1CC. The second kappa shape index (κ2) is 18.7. The highest BCUT2D eigenvalue weighted by Crippen LogP contribution is 2.43. The predicted octanol–water partition coefficient (Wildman–Crippen LogP) is 11.3. The van der Waals surface area contributed by atoms with Crippen molar-refractivity contribution in [1.82, 2.24) is 14.7 Å². The van der Waals surface area contributed by atoms with E-state index in [-0.39, 0.29) is 41.5 Å². The molecule has 1 N–H and O–H groups in total. The molecule has 1 saturated carbocycles. The smallest absolute Gasteiger partial charge is 0.419 e. The molecular weight excluding hydrogens is 670 g/mol. The van der Waals surface area contributed by atoms with Gasteiger partial charge in [0.1, 0.15) is 11.6 Å². The van der Waals surface area contributed by atoms with Gasteiger partial charge in [0, 0.05) is 29.7 Å². The summed E-state index contributed by atoms with van der Waals surface area (Å²) in [7, 11) is 0. The summed E-state index contributed by atoms with van der Waals surface area (Å²) in [5.41, 5.74) is 3.74. The van der Waals surface area contributed by atoms with Crippen LogP contribution in [0.3, 0.4) is 0 Å². The monoisotopic (exact) mass is 727 g/mol. The van der Waals surface area contributed by atoms with Gasteiger partial charge in [-0.3, -0.25) is 9.59 Å². The van der Waals surface area contributed by atoms with Crippen LogP contribution in [0.4, 0.5) is 17.6 Å². The normalized spacial score (nSPS) is 17.7. The Morgan fingerprint density at radius 3 is 2.27 bits per heavy atom. The molecule has 4 rings (SSSR count). The minimum Gasteiger partial charge on any atom is -0.507 e. The molecule has 0 radical (unpaired) electrons. The summed E-state index contributed by atoms with van der Waals surface area (Å²) in [5.74, 6) is -0.920. The maximum Gasteiger partial charge on any atom is 0.419 e. The van der Waals surface area contributed by atoms with E-state index in [9.17, 15) is 27.9 Å². The highest BCUT2D eigenvalue weighted by molar-refractivity contribution is 5.97. The average Bonchev–Trinajstić information content (AvgIpc) is 3.45. The lowest BCUT2D eigenvalue weighted by molar-refractivity contribution is -0.129. The Morgan fingerprint density at radius 2 is 1.79 bits per heavy atom. The lowest BCUT2D eigenvalue weighted by atomic mass is 9.78. The van der Waals surface area contributed by atoms with E-state index in [2.05, 4.69) is 20.4 Å². The molecule has 2 aromatic rings. The molecule has 1 aromatic heterocycles. The Labute approximate surface area is 307 Å². The Morgan fingerprint density at radius 1 is 1.13 bits per heavy atom. The topological polar surface area (TPSA) is 75.4 Å². The van der Waals surface area contributed by atoms with Crippen LogP contribution < -0.4 is 0 Å². The lowest BCUT2D eigenvalue weighted by Crippen LogP contribution is -2.41. The Bertz CT molecular complexity index is 1680. The first-order valence-electron chi connectivity index (χ1n) is 18.8. The number of aryl methyl sites for hydroxylation is 1. The lowest BCUT2D eigenvalue weighted by Gasteiger charge is -2.36. The standard InChI is InChI=1S/C38H51F4N3O2.C4H6O/c1-8-13-28(38(40,41)42)33(46)22-25(10-3)37(47)44-21-20-32-35(30(44)11-4)29(18-16-24(7)9-2)43-45(32)31-19-17-27(26-14-12-15-26)36(39)34(31)23(5)6;1-3-4(2)5/h10,13,17,19,22-24,26,30,46H,8-9,11-12,14-16,18,20-21H2,1-7H3;3H,1H2,2H3/b25-10+,28-13-,33-22+;. The maximum absolute atomic E-state index is 16.2. The van der Waals surface area contributed by atoms with Gasteiger partial charge in [-0.1, -0.05) is 79.2 Å².